The topological polar surface area (TPSA) is 128 Å². The van der Waals surface area contributed by atoms with Gasteiger partial charge in [0, 0.05) is 82.0 Å². The third-order valence-electron chi connectivity index (χ3n) is 12.3. The molecule has 2 aliphatic rings. The monoisotopic (exact) mass is 881 g/mol. The summed E-state index contributed by atoms with van der Waals surface area (Å²) in [5.74, 6) is 1.88. The zero-order valence-electron chi connectivity index (χ0n) is 35.9. The molecule has 0 bridgehead atoms. The van der Waals surface area contributed by atoms with Gasteiger partial charge in [0.15, 0.2) is 0 Å². The molecule has 63 heavy (non-hydrogen) atoms. The van der Waals surface area contributed by atoms with Crippen LogP contribution in [-0.4, -0.2) is 39.7 Å². The normalized spacial score (nSPS) is 19.2. The molecule has 4 aromatic heterocycles. The molecule has 0 saturated heterocycles. The van der Waals surface area contributed by atoms with Gasteiger partial charge in [0.25, 0.3) is 0 Å². The summed E-state index contributed by atoms with van der Waals surface area (Å²) in [5.41, 5.74) is 11.1. The number of ether oxygens (including phenoxy) is 1. The Morgan fingerprint density at radius 2 is 1.11 bits per heavy atom. The molecule has 4 N–H and O–H groups in total. The van der Waals surface area contributed by atoms with Crippen molar-refractivity contribution >= 4 is 84.0 Å². The van der Waals surface area contributed by atoms with Gasteiger partial charge in [0.05, 0.1) is 21.4 Å². The average Bonchev–Trinajstić information content (AvgIpc) is 3.90. The van der Waals surface area contributed by atoms with E-state index in [1.54, 1.807) is 0 Å². The summed E-state index contributed by atoms with van der Waals surface area (Å²) in [5, 5.41) is 14.9. The van der Waals surface area contributed by atoms with E-state index in [0.717, 1.165) is 129 Å². The first kappa shape index (κ1) is 42.7. The fourth-order valence-electron chi connectivity index (χ4n) is 9.06. The van der Waals surface area contributed by atoms with Crippen molar-refractivity contribution < 1.29 is 18.4 Å². The van der Waals surface area contributed by atoms with Gasteiger partial charge in [-0.1, -0.05) is 59.6 Å². The molecule has 4 heterocycles. The van der Waals surface area contributed by atoms with Crippen molar-refractivity contribution in [1.29, 1.82) is 0 Å². The number of pyridine rings is 2. The molecule has 0 amide bonds. The van der Waals surface area contributed by atoms with E-state index >= 15 is 0 Å². The number of hydrogen-bond acceptors (Lipinski definition) is 9. The van der Waals surface area contributed by atoms with Gasteiger partial charge >= 0.3 is 5.97 Å². The summed E-state index contributed by atoms with van der Waals surface area (Å²) in [6.07, 6.45) is 16.1. The molecule has 8 aromatic rings. The molecule has 10 rings (SSSR count). The van der Waals surface area contributed by atoms with Crippen LogP contribution in [0.25, 0.3) is 66.1 Å². The second-order valence-corrected chi connectivity index (χ2v) is 19.0. The maximum atomic E-state index is 12.2. The van der Waals surface area contributed by atoms with Crippen LogP contribution < -0.4 is 16.4 Å². The SMILES string of the molecule is CC(C)(C)OC(=O)CC1CCC(Nc2cc3c(-c4cc5ccccc5o4)cncc3cc2Cl)CC1.NC1CCC(Nc2cc3c(-c4cc5ccccc5o4)cncc3cc2Cl)CC1. The third-order valence-corrected chi connectivity index (χ3v) is 12.9. The van der Waals surface area contributed by atoms with Gasteiger partial charge < -0.3 is 29.9 Å². The predicted octanol–water partition coefficient (Wildman–Crippen LogP) is 14.0. The maximum absolute atomic E-state index is 12.2. The first-order chi connectivity index (χ1) is 30.4. The van der Waals surface area contributed by atoms with Crippen LogP contribution in [0.5, 0.6) is 0 Å². The van der Waals surface area contributed by atoms with Gasteiger partial charge in [0.2, 0.25) is 0 Å². The smallest absolute Gasteiger partial charge is 0.306 e. The van der Waals surface area contributed by atoms with Crippen molar-refractivity contribution in [3.8, 4) is 22.6 Å². The number of halogens is 2. The number of para-hydroxylation sites is 2. The first-order valence-electron chi connectivity index (χ1n) is 22.1. The van der Waals surface area contributed by atoms with Gasteiger partial charge in [-0.2, -0.15) is 0 Å². The standard InChI is InChI=1S/C29H31ClN2O3.C23H22ClN3O/c1-29(2,3)35-28(33)12-18-8-10-21(11-9-18)32-25-15-22-20(13-24(25)30)16-31-17-23(22)27-14-19-6-4-5-7-26(19)34-27;24-20-9-15-12-26-13-19(23-10-14-3-1-2-4-22(14)28-23)18(15)11-21(20)27-17-7-5-16(25)6-8-17/h4-7,13-18,21,32H,8-12H2,1-3H3;1-4,9-13,16-17,27H,5-8,25H2. The van der Waals surface area contributed by atoms with E-state index in [1.165, 1.54) is 0 Å². The maximum Gasteiger partial charge on any atom is 0.306 e. The molecule has 0 unspecified atom stereocenters. The summed E-state index contributed by atoms with van der Waals surface area (Å²) in [6, 6.07) is 29.4. The molecule has 0 aliphatic heterocycles. The minimum atomic E-state index is -0.431. The molecule has 2 fully saturated rings. The number of rotatable bonds is 8. The molecule has 324 valence electrons. The Morgan fingerprint density at radius 3 is 1.57 bits per heavy atom. The number of carbonyl (C=O) groups is 1. The number of aromatic nitrogens is 2. The summed E-state index contributed by atoms with van der Waals surface area (Å²) in [4.78, 5) is 21.0. The predicted molar refractivity (Wildman–Crippen MR) is 258 cm³/mol. The molecular weight excluding hydrogens is 830 g/mol. The number of fused-ring (bicyclic) bond motifs is 4. The number of furan rings is 2. The first-order valence-corrected chi connectivity index (χ1v) is 22.8. The van der Waals surface area contributed by atoms with E-state index in [9.17, 15) is 4.79 Å². The lowest BCUT2D eigenvalue weighted by Crippen LogP contribution is -2.32. The van der Waals surface area contributed by atoms with Crippen molar-refractivity contribution in [3.63, 3.8) is 0 Å². The average molecular weight is 883 g/mol. The fraction of sp³-hybridized carbons (Fsp3) is 0.327. The van der Waals surface area contributed by atoms with Crippen molar-refractivity contribution in [2.75, 3.05) is 10.6 Å². The lowest BCUT2D eigenvalue weighted by Gasteiger charge is -2.30. The van der Waals surface area contributed by atoms with Crippen LogP contribution in [0.15, 0.2) is 119 Å². The van der Waals surface area contributed by atoms with Gasteiger partial charge in [0.1, 0.15) is 28.3 Å². The van der Waals surface area contributed by atoms with Crippen molar-refractivity contribution in [2.45, 2.75) is 102 Å². The van der Waals surface area contributed by atoms with Gasteiger partial charge in [-0.25, -0.2) is 0 Å². The van der Waals surface area contributed by atoms with Crippen molar-refractivity contribution in [3.05, 3.63) is 120 Å². The van der Waals surface area contributed by atoms with E-state index in [0.29, 0.717) is 40.5 Å². The second kappa shape index (κ2) is 18.2. The minimum absolute atomic E-state index is 0.0989. The number of anilines is 2. The molecule has 2 saturated carbocycles. The summed E-state index contributed by atoms with van der Waals surface area (Å²) < 4.78 is 17.7. The summed E-state index contributed by atoms with van der Waals surface area (Å²) in [6.45, 7) is 5.73. The zero-order chi connectivity index (χ0) is 43.7. The van der Waals surface area contributed by atoms with Crippen molar-refractivity contribution in [2.24, 2.45) is 11.7 Å². The molecule has 9 nitrogen and oxygen atoms in total. The molecule has 0 atom stereocenters. The van der Waals surface area contributed by atoms with Crippen LogP contribution >= 0.6 is 23.2 Å². The Bertz CT molecular complexity index is 2840. The van der Waals surface area contributed by atoms with Crippen molar-refractivity contribution in [1.82, 2.24) is 9.97 Å². The van der Waals surface area contributed by atoms with E-state index in [2.05, 4.69) is 50.9 Å². The van der Waals surface area contributed by atoms with E-state index in [-0.39, 0.29) is 5.97 Å². The van der Waals surface area contributed by atoms with Crippen LogP contribution in [0.2, 0.25) is 10.0 Å². The minimum Gasteiger partial charge on any atom is -0.460 e. The quantitative estimate of drug-likeness (QED) is 0.128. The van der Waals surface area contributed by atoms with Gasteiger partial charge in [-0.3, -0.25) is 14.8 Å². The Balaban J connectivity index is 0.000000164. The number of nitrogens with two attached hydrogens (primary N) is 1. The Kier molecular flexibility index (Phi) is 12.4. The van der Waals surface area contributed by atoms with Crippen LogP contribution in [0, 0.1) is 5.92 Å². The Hall–Kier alpha value is -5.61. The highest BCUT2D eigenvalue weighted by Gasteiger charge is 2.26. The zero-order valence-corrected chi connectivity index (χ0v) is 37.4. The highest BCUT2D eigenvalue weighted by atomic mass is 35.5. The fourth-order valence-corrected chi connectivity index (χ4v) is 9.51. The highest BCUT2D eigenvalue weighted by molar-refractivity contribution is 6.34. The lowest BCUT2D eigenvalue weighted by molar-refractivity contribution is -0.156. The number of esters is 1. The van der Waals surface area contributed by atoms with E-state index in [4.69, 9.17) is 42.5 Å². The number of carbonyl (C=O) groups excluding carboxylic acids is 1. The molecule has 0 spiro atoms. The third kappa shape index (κ3) is 9.96. The summed E-state index contributed by atoms with van der Waals surface area (Å²) in [7, 11) is 0. The molecule has 4 aromatic carbocycles. The molecule has 11 heteroatoms. The van der Waals surface area contributed by atoms with E-state index in [1.807, 2.05) is 100 Å². The van der Waals surface area contributed by atoms with Gasteiger partial charge in [-0.05, 0) is 137 Å². The molecular formula is C52H53Cl2N5O4. The highest BCUT2D eigenvalue weighted by Crippen LogP contribution is 2.39. The lowest BCUT2D eigenvalue weighted by atomic mass is 9.84. The van der Waals surface area contributed by atoms with Crippen LogP contribution in [0.1, 0.15) is 78.6 Å². The van der Waals surface area contributed by atoms with Crippen LogP contribution in [0.4, 0.5) is 11.4 Å². The van der Waals surface area contributed by atoms with Gasteiger partial charge in [-0.15, -0.1) is 0 Å². The number of nitrogens with one attached hydrogen (secondary N) is 2. The summed E-state index contributed by atoms with van der Waals surface area (Å²) >= 11 is 13.2. The number of benzene rings is 4. The number of hydrogen-bond donors (Lipinski definition) is 3. The van der Waals surface area contributed by atoms with Crippen LogP contribution in [-0.2, 0) is 9.53 Å². The number of nitrogens with zero attached hydrogens (tertiary/aromatic N) is 2. The Morgan fingerprint density at radius 1 is 0.651 bits per heavy atom. The molecule has 2 aliphatic carbocycles. The largest absolute Gasteiger partial charge is 0.460 e. The molecule has 0 radical (unpaired) electrons. The van der Waals surface area contributed by atoms with Crippen LogP contribution in [0.3, 0.4) is 0 Å². The van der Waals surface area contributed by atoms with E-state index < -0.39 is 5.60 Å². The Labute approximate surface area is 377 Å². The second-order valence-electron chi connectivity index (χ2n) is 18.2.